The van der Waals surface area contributed by atoms with Crippen LogP contribution in [0.4, 0.5) is 10.5 Å². The number of fused-ring (bicyclic) bond motifs is 1. The molecule has 4 heterocycles. The van der Waals surface area contributed by atoms with Gasteiger partial charge in [0.1, 0.15) is 5.65 Å². The molecule has 0 aliphatic carbocycles. The van der Waals surface area contributed by atoms with Gasteiger partial charge in [-0.2, -0.15) is 5.10 Å². The van der Waals surface area contributed by atoms with Gasteiger partial charge in [0.05, 0.1) is 18.5 Å². The molecule has 1 amide bonds. The quantitative estimate of drug-likeness (QED) is 0.751. The summed E-state index contributed by atoms with van der Waals surface area (Å²) in [6.07, 6.45) is 5.43. The number of aryl methyl sites for hydroxylation is 1. The fourth-order valence-electron chi connectivity index (χ4n) is 3.46. The largest absolute Gasteiger partial charge is 0.449 e. The highest BCUT2D eigenvalue weighted by Gasteiger charge is 2.24. The van der Waals surface area contributed by atoms with Crippen molar-refractivity contribution in [2.45, 2.75) is 13.8 Å². The molecule has 4 rings (SSSR count). The van der Waals surface area contributed by atoms with Crippen molar-refractivity contribution in [3.05, 3.63) is 30.7 Å². The van der Waals surface area contributed by atoms with Crippen LogP contribution in [0.2, 0.25) is 0 Å². The Balaban J connectivity index is 1.49. The van der Waals surface area contributed by atoms with E-state index in [1.165, 1.54) is 0 Å². The van der Waals surface area contributed by atoms with Crippen molar-refractivity contribution >= 4 is 22.8 Å². The van der Waals surface area contributed by atoms with E-state index in [1.807, 2.05) is 45.6 Å². The fourth-order valence-corrected chi connectivity index (χ4v) is 3.46. The summed E-state index contributed by atoms with van der Waals surface area (Å²) in [4.78, 5) is 24.1. The molecule has 0 atom stereocenters. The molecule has 0 saturated carbocycles. The topological polar surface area (TPSA) is 79.3 Å². The molecule has 1 saturated heterocycles. The number of carbonyl (C=O) groups excluding carboxylic acids is 1. The second-order valence-corrected chi connectivity index (χ2v) is 7.62. The minimum absolute atomic E-state index is 0.214. The predicted molar refractivity (Wildman–Crippen MR) is 108 cm³/mol. The van der Waals surface area contributed by atoms with Crippen molar-refractivity contribution < 1.29 is 9.53 Å². The Hall–Kier alpha value is -3.03. The third kappa shape index (κ3) is 3.67. The van der Waals surface area contributed by atoms with E-state index in [9.17, 15) is 4.79 Å². The molecule has 0 radical (unpaired) electrons. The van der Waals surface area contributed by atoms with Crippen molar-refractivity contribution in [2.75, 3.05) is 37.7 Å². The van der Waals surface area contributed by atoms with Crippen molar-refractivity contribution in [3.63, 3.8) is 0 Å². The number of pyridine rings is 1. The van der Waals surface area contributed by atoms with Crippen LogP contribution in [-0.2, 0) is 11.8 Å². The highest BCUT2D eigenvalue weighted by molar-refractivity contribution is 5.93. The van der Waals surface area contributed by atoms with Crippen LogP contribution in [0, 0.1) is 5.92 Å². The number of nitrogens with one attached hydrogen (secondary N) is 1. The summed E-state index contributed by atoms with van der Waals surface area (Å²) in [6.45, 7) is 7.38. The molecule has 3 aromatic rings. The SMILES string of the molecule is CC(C)COC(=O)N1CCN(c2ccnc3[nH]c(-c4cnn(C)c4)cc23)CC1. The van der Waals surface area contributed by atoms with E-state index >= 15 is 0 Å². The average molecular weight is 382 g/mol. The molecule has 3 aromatic heterocycles. The number of aromatic nitrogens is 4. The van der Waals surface area contributed by atoms with Gasteiger partial charge in [-0.15, -0.1) is 0 Å². The fraction of sp³-hybridized carbons (Fsp3) is 0.450. The van der Waals surface area contributed by atoms with E-state index in [1.54, 1.807) is 9.58 Å². The predicted octanol–water partition coefficient (Wildman–Crippen LogP) is 2.88. The number of amides is 1. The molecule has 1 aliphatic heterocycles. The minimum Gasteiger partial charge on any atom is -0.449 e. The van der Waals surface area contributed by atoms with Gasteiger partial charge in [-0.1, -0.05) is 13.8 Å². The molecule has 1 aliphatic rings. The van der Waals surface area contributed by atoms with Crippen molar-refractivity contribution in [3.8, 4) is 11.3 Å². The van der Waals surface area contributed by atoms with Gasteiger partial charge in [0.25, 0.3) is 0 Å². The Morgan fingerprint density at radius 2 is 2.07 bits per heavy atom. The first-order valence-electron chi connectivity index (χ1n) is 9.64. The van der Waals surface area contributed by atoms with Crippen LogP contribution in [-0.4, -0.2) is 63.5 Å². The van der Waals surface area contributed by atoms with Gasteiger partial charge in [-0.25, -0.2) is 9.78 Å². The van der Waals surface area contributed by atoms with E-state index in [0.717, 1.165) is 41.1 Å². The third-order valence-electron chi connectivity index (χ3n) is 4.94. The zero-order valence-electron chi connectivity index (χ0n) is 16.6. The Morgan fingerprint density at radius 3 is 2.75 bits per heavy atom. The van der Waals surface area contributed by atoms with Gasteiger partial charge >= 0.3 is 6.09 Å². The highest BCUT2D eigenvalue weighted by atomic mass is 16.6. The molecule has 148 valence electrons. The zero-order valence-corrected chi connectivity index (χ0v) is 16.6. The van der Waals surface area contributed by atoms with E-state index in [0.29, 0.717) is 25.6 Å². The highest BCUT2D eigenvalue weighted by Crippen LogP contribution is 2.30. The van der Waals surface area contributed by atoms with E-state index in [2.05, 4.69) is 26.0 Å². The summed E-state index contributed by atoms with van der Waals surface area (Å²) in [5, 5.41) is 5.32. The number of hydrogen-bond donors (Lipinski definition) is 1. The second-order valence-electron chi connectivity index (χ2n) is 7.62. The number of hydrogen-bond acceptors (Lipinski definition) is 5. The standard InChI is InChI=1S/C20H26N6O2/c1-14(2)13-28-20(27)26-8-6-25(7-9-26)18-4-5-21-19-16(18)10-17(23-19)15-11-22-24(3)12-15/h4-5,10-12,14H,6-9,13H2,1-3H3,(H,21,23). The molecule has 1 fully saturated rings. The van der Waals surface area contributed by atoms with Crippen LogP contribution in [0.1, 0.15) is 13.8 Å². The van der Waals surface area contributed by atoms with Gasteiger partial charge in [-0.05, 0) is 18.1 Å². The lowest BCUT2D eigenvalue weighted by Gasteiger charge is -2.35. The number of aromatic amines is 1. The third-order valence-corrected chi connectivity index (χ3v) is 4.94. The maximum atomic E-state index is 12.2. The van der Waals surface area contributed by atoms with E-state index in [4.69, 9.17) is 4.74 Å². The molecule has 1 N–H and O–H groups in total. The number of rotatable bonds is 4. The van der Waals surface area contributed by atoms with Gasteiger partial charge < -0.3 is 19.5 Å². The number of carbonyl (C=O) groups is 1. The van der Waals surface area contributed by atoms with Crippen molar-refractivity contribution in [1.82, 2.24) is 24.6 Å². The first kappa shape index (κ1) is 18.3. The molecule has 0 unspecified atom stereocenters. The number of anilines is 1. The van der Waals surface area contributed by atoms with Gasteiger partial charge in [-0.3, -0.25) is 4.68 Å². The molecule has 0 aromatic carbocycles. The monoisotopic (exact) mass is 382 g/mol. The Morgan fingerprint density at radius 1 is 1.29 bits per heavy atom. The molecule has 28 heavy (non-hydrogen) atoms. The first-order valence-corrected chi connectivity index (χ1v) is 9.64. The van der Waals surface area contributed by atoms with Crippen molar-refractivity contribution in [2.24, 2.45) is 13.0 Å². The smallest absolute Gasteiger partial charge is 0.409 e. The lowest BCUT2D eigenvalue weighted by atomic mass is 10.2. The molecule has 0 spiro atoms. The molecule has 8 heteroatoms. The zero-order chi connectivity index (χ0) is 19.7. The lowest BCUT2D eigenvalue weighted by molar-refractivity contribution is 0.0902. The first-order chi connectivity index (χ1) is 13.5. The van der Waals surface area contributed by atoms with Crippen LogP contribution in [0.25, 0.3) is 22.3 Å². The summed E-state index contributed by atoms with van der Waals surface area (Å²) in [6, 6.07) is 4.16. The maximum absolute atomic E-state index is 12.2. The lowest BCUT2D eigenvalue weighted by Crippen LogP contribution is -2.49. The number of ether oxygens (including phenoxy) is 1. The number of piperazine rings is 1. The molecule has 8 nitrogen and oxygen atoms in total. The van der Waals surface area contributed by atoms with Crippen LogP contribution in [0.15, 0.2) is 30.7 Å². The van der Waals surface area contributed by atoms with Crippen LogP contribution < -0.4 is 4.90 Å². The summed E-state index contributed by atoms with van der Waals surface area (Å²) in [5.74, 6) is 0.345. The van der Waals surface area contributed by atoms with E-state index in [-0.39, 0.29) is 6.09 Å². The number of H-pyrrole nitrogens is 1. The number of nitrogens with zero attached hydrogens (tertiary/aromatic N) is 5. The molecule has 0 bridgehead atoms. The Labute approximate surface area is 164 Å². The van der Waals surface area contributed by atoms with Crippen molar-refractivity contribution in [1.29, 1.82) is 0 Å². The van der Waals surface area contributed by atoms with E-state index < -0.39 is 0 Å². The maximum Gasteiger partial charge on any atom is 0.409 e. The second kappa shape index (κ2) is 7.53. The van der Waals surface area contributed by atoms with Gasteiger partial charge in [0, 0.05) is 62.3 Å². The summed E-state index contributed by atoms with van der Waals surface area (Å²) in [5.41, 5.74) is 4.02. The minimum atomic E-state index is -0.214. The summed E-state index contributed by atoms with van der Waals surface area (Å²) in [7, 11) is 1.90. The molecular formula is C20H26N6O2. The molecular weight excluding hydrogens is 356 g/mol. The van der Waals surface area contributed by atoms with Crippen LogP contribution in [0.3, 0.4) is 0 Å². The average Bonchev–Trinajstić information content (AvgIpc) is 3.32. The van der Waals surface area contributed by atoms with Crippen LogP contribution in [0.5, 0.6) is 0 Å². The normalized spacial score (nSPS) is 14.9. The van der Waals surface area contributed by atoms with Gasteiger partial charge in [0.2, 0.25) is 0 Å². The van der Waals surface area contributed by atoms with Gasteiger partial charge in [0.15, 0.2) is 0 Å². The summed E-state index contributed by atoms with van der Waals surface area (Å²) >= 11 is 0. The van der Waals surface area contributed by atoms with Crippen LogP contribution >= 0.6 is 0 Å². The summed E-state index contributed by atoms with van der Waals surface area (Å²) < 4.78 is 7.14. The Kier molecular flexibility index (Phi) is 4.93. The Bertz CT molecular complexity index is 968.